The highest BCUT2D eigenvalue weighted by Crippen LogP contribution is 2.27. The van der Waals surface area contributed by atoms with Crippen molar-refractivity contribution in [2.75, 3.05) is 13.2 Å². The highest BCUT2D eigenvalue weighted by molar-refractivity contribution is 5.40. The van der Waals surface area contributed by atoms with Crippen molar-refractivity contribution in [3.05, 3.63) is 64.2 Å². The zero-order valence-electron chi connectivity index (χ0n) is 11.3. The van der Waals surface area contributed by atoms with E-state index in [2.05, 4.69) is 0 Å². The molecular formula is C15H15NO5. The van der Waals surface area contributed by atoms with Gasteiger partial charge in [-0.15, -0.1) is 0 Å². The van der Waals surface area contributed by atoms with Gasteiger partial charge in [0.15, 0.2) is 11.5 Å². The number of hydrogen-bond acceptors (Lipinski definition) is 5. The Kier molecular flexibility index (Phi) is 5.11. The molecule has 0 spiro atoms. The average Bonchev–Trinajstić information content (AvgIpc) is 2.52. The Morgan fingerprint density at radius 2 is 1.76 bits per heavy atom. The van der Waals surface area contributed by atoms with E-state index >= 15 is 0 Å². The minimum Gasteiger partial charge on any atom is -0.487 e. The van der Waals surface area contributed by atoms with E-state index in [1.54, 1.807) is 36.4 Å². The number of rotatable bonds is 7. The van der Waals surface area contributed by atoms with Crippen LogP contribution in [0.2, 0.25) is 0 Å². The molecule has 0 aliphatic carbocycles. The Morgan fingerprint density at radius 3 is 2.43 bits per heavy atom. The third kappa shape index (κ3) is 4.19. The Bertz CT molecular complexity index is 615. The van der Waals surface area contributed by atoms with E-state index < -0.39 is 4.92 Å². The van der Waals surface area contributed by atoms with Crippen molar-refractivity contribution in [3.8, 4) is 11.5 Å². The summed E-state index contributed by atoms with van der Waals surface area (Å²) in [6.45, 7) is 0.289. The van der Waals surface area contributed by atoms with Crippen LogP contribution in [0, 0.1) is 10.1 Å². The third-order valence-corrected chi connectivity index (χ3v) is 2.71. The standard InChI is InChI=1S/C15H15NO5/c17-8-9-20-14-6-1-2-7-15(14)21-11-12-4-3-5-13(10-12)16(18)19/h1-7,10,17H,8-9,11H2. The first-order chi connectivity index (χ1) is 10.2. The lowest BCUT2D eigenvalue weighted by atomic mass is 10.2. The van der Waals surface area contributed by atoms with Gasteiger partial charge in [-0.2, -0.15) is 0 Å². The van der Waals surface area contributed by atoms with Gasteiger partial charge in [-0.1, -0.05) is 24.3 Å². The molecule has 0 saturated heterocycles. The number of benzene rings is 2. The molecule has 6 nitrogen and oxygen atoms in total. The van der Waals surface area contributed by atoms with E-state index in [1.807, 2.05) is 0 Å². The van der Waals surface area contributed by atoms with Gasteiger partial charge in [0.2, 0.25) is 0 Å². The fourth-order valence-electron chi connectivity index (χ4n) is 1.77. The van der Waals surface area contributed by atoms with E-state index in [-0.39, 0.29) is 25.5 Å². The molecule has 6 heteroatoms. The Labute approximate surface area is 121 Å². The van der Waals surface area contributed by atoms with Gasteiger partial charge in [-0.05, 0) is 17.7 Å². The van der Waals surface area contributed by atoms with Crippen LogP contribution in [0.4, 0.5) is 5.69 Å². The maximum absolute atomic E-state index is 10.7. The van der Waals surface area contributed by atoms with Crippen molar-refractivity contribution in [3.63, 3.8) is 0 Å². The molecule has 0 unspecified atom stereocenters. The molecule has 2 aromatic rings. The van der Waals surface area contributed by atoms with E-state index in [1.165, 1.54) is 12.1 Å². The Hall–Kier alpha value is -2.60. The first-order valence-corrected chi connectivity index (χ1v) is 6.39. The van der Waals surface area contributed by atoms with Crippen LogP contribution in [-0.2, 0) is 6.61 Å². The summed E-state index contributed by atoms with van der Waals surface area (Å²) in [6, 6.07) is 13.3. The first kappa shape index (κ1) is 14.8. The molecule has 110 valence electrons. The quantitative estimate of drug-likeness (QED) is 0.625. The highest BCUT2D eigenvalue weighted by atomic mass is 16.6. The molecule has 21 heavy (non-hydrogen) atoms. The van der Waals surface area contributed by atoms with Crippen LogP contribution in [-0.4, -0.2) is 23.2 Å². The van der Waals surface area contributed by atoms with E-state index in [0.29, 0.717) is 17.1 Å². The zero-order chi connectivity index (χ0) is 15.1. The fourth-order valence-corrected chi connectivity index (χ4v) is 1.77. The summed E-state index contributed by atoms with van der Waals surface area (Å²) in [6.07, 6.45) is 0. The lowest BCUT2D eigenvalue weighted by Crippen LogP contribution is -2.04. The molecular weight excluding hydrogens is 274 g/mol. The molecule has 0 aliphatic rings. The van der Waals surface area contributed by atoms with Crippen molar-refractivity contribution in [1.82, 2.24) is 0 Å². The fraction of sp³-hybridized carbons (Fsp3) is 0.200. The predicted octanol–water partition coefficient (Wildman–Crippen LogP) is 2.54. The second-order valence-electron chi connectivity index (χ2n) is 4.23. The summed E-state index contributed by atoms with van der Waals surface area (Å²) in [5.74, 6) is 1.05. The number of hydrogen-bond donors (Lipinski definition) is 1. The second kappa shape index (κ2) is 7.25. The van der Waals surface area contributed by atoms with E-state index in [0.717, 1.165) is 0 Å². The predicted molar refractivity (Wildman–Crippen MR) is 76.5 cm³/mol. The first-order valence-electron chi connectivity index (χ1n) is 6.39. The third-order valence-electron chi connectivity index (χ3n) is 2.71. The molecule has 0 atom stereocenters. The van der Waals surface area contributed by atoms with Gasteiger partial charge in [0.25, 0.3) is 5.69 Å². The monoisotopic (exact) mass is 289 g/mol. The van der Waals surface area contributed by atoms with Crippen molar-refractivity contribution in [2.45, 2.75) is 6.61 Å². The second-order valence-corrected chi connectivity index (χ2v) is 4.23. The van der Waals surface area contributed by atoms with Crippen LogP contribution in [0.25, 0.3) is 0 Å². The molecule has 0 saturated carbocycles. The molecule has 0 amide bonds. The molecule has 0 heterocycles. The van der Waals surface area contributed by atoms with Crippen LogP contribution in [0.3, 0.4) is 0 Å². The van der Waals surface area contributed by atoms with Crippen molar-refractivity contribution < 1.29 is 19.5 Å². The number of aliphatic hydroxyl groups is 1. The Balaban J connectivity index is 2.06. The number of para-hydroxylation sites is 2. The van der Waals surface area contributed by atoms with Crippen LogP contribution in [0.5, 0.6) is 11.5 Å². The SMILES string of the molecule is O=[N+]([O-])c1cccc(COc2ccccc2OCCO)c1. The molecule has 0 bridgehead atoms. The lowest BCUT2D eigenvalue weighted by molar-refractivity contribution is -0.384. The lowest BCUT2D eigenvalue weighted by Gasteiger charge is -2.11. The van der Waals surface area contributed by atoms with Crippen LogP contribution < -0.4 is 9.47 Å². The number of nitro benzene ring substituents is 1. The summed E-state index contributed by atoms with van der Waals surface area (Å²) >= 11 is 0. The van der Waals surface area contributed by atoms with Gasteiger partial charge in [0.05, 0.1) is 11.5 Å². The smallest absolute Gasteiger partial charge is 0.269 e. The van der Waals surface area contributed by atoms with Gasteiger partial charge in [0, 0.05) is 12.1 Å². The molecule has 0 radical (unpaired) electrons. The topological polar surface area (TPSA) is 81.8 Å². The van der Waals surface area contributed by atoms with Crippen LogP contribution in [0.15, 0.2) is 48.5 Å². The summed E-state index contributed by atoms with van der Waals surface area (Å²) in [4.78, 5) is 10.3. The highest BCUT2D eigenvalue weighted by Gasteiger charge is 2.08. The minimum absolute atomic E-state index is 0.0286. The largest absolute Gasteiger partial charge is 0.487 e. The molecule has 2 aromatic carbocycles. The number of non-ortho nitro benzene ring substituents is 1. The Morgan fingerprint density at radius 1 is 1.05 bits per heavy atom. The molecule has 0 aliphatic heterocycles. The van der Waals surface area contributed by atoms with Gasteiger partial charge in [-0.3, -0.25) is 10.1 Å². The van der Waals surface area contributed by atoms with Gasteiger partial charge in [-0.25, -0.2) is 0 Å². The molecule has 2 rings (SSSR count). The number of nitrogens with zero attached hydrogens (tertiary/aromatic N) is 1. The van der Waals surface area contributed by atoms with Gasteiger partial charge >= 0.3 is 0 Å². The summed E-state index contributed by atoms with van der Waals surface area (Å²) < 4.78 is 11.0. The van der Waals surface area contributed by atoms with Gasteiger partial charge in [0.1, 0.15) is 13.2 Å². The van der Waals surface area contributed by atoms with Crippen molar-refractivity contribution >= 4 is 5.69 Å². The molecule has 0 aromatic heterocycles. The molecule has 0 fully saturated rings. The number of ether oxygens (including phenoxy) is 2. The summed E-state index contributed by atoms with van der Waals surface area (Å²) in [5, 5.41) is 19.5. The summed E-state index contributed by atoms with van der Waals surface area (Å²) in [7, 11) is 0. The minimum atomic E-state index is -0.443. The maximum Gasteiger partial charge on any atom is 0.269 e. The average molecular weight is 289 g/mol. The summed E-state index contributed by atoms with van der Waals surface area (Å²) in [5.41, 5.74) is 0.724. The maximum atomic E-state index is 10.7. The van der Waals surface area contributed by atoms with Gasteiger partial charge < -0.3 is 14.6 Å². The number of aliphatic hydroxyl groups excluding tert-OH is 1. The van der Waals surface area contributed by atoms with Crippen LogP contribution in [0.1, 0.15) is 5.56 Å². The van der Waals surface area contributed by atoms with Crippen molar-refractivity contribution in [2.24, 2.45) is 0 Å². The normalized spacial score (nSPS) is 10.1. The van der Waals surface area contributed by atoms with E-state index in [4.69, 9.17) is 14.6 Å². The van der Waals surface area contributed by atoms with Crippen molar-refractivity contribution in [1.29, 1.82) is 0 Å². The zero-order valence-corrected chi connectivity index (χ0v) is 11.3. The van der Waals surface area contributed by atoms with Crippen LogP contribution >= 0.6 is 0 Å². The number of nitro groups is 1. The molecule has 1 N–H and O–H groups in total. The van der Waals surface area contributed by atoms with E-state index in [9.17, 15) is 10.1 Å².